The number of halogens is 1. The highest BCUT2D eigenvalue weighted by Gasteiger charge is 2.52. The molecule has 0 saturated carbocycles. The standard InChI is InChI=1S/C19H22BFN2O3/c1-12-8-9-22-16(10-12)23-17(24)13-6-7-14(15(21)11-13)20-25-18(2,3)19(4,5)26-20/h6-11H,1-5H3,(H,22,23,24). The van der Waals surface area contributed by atoms with Crippen LogP contribution in [0, 0.1) is 12.7 Å². The molecule has 1 aromatic heterocycles. The number of nitrogens with one attached hydrogen (secondary N) is 1. The van der Waals surface area contributed by atoms with Crippen LogP contribution < -0.4 is 10.8 Å². The zero-order valence-corrected chi connectivity index (χ0v) is 15.6. The summed E-state index contributed by atoms with van der Waals surface area (Å²) in [5.41, 5.74) is 0.325. The Kier molecular flexibility index (Phi) is 4.62. The summed E-state index contributed by atoms with van der Waals surface area (Å²) in [7, 11) is -0.810. The molecule has 0 aliphatic carbocycles. The topological polar surface area (TPSA) is 60.5 Å². The summed E-state index contributed by atoms with van der Waals surface area (Å²) in [6.45, 7) is 9.52. The minimum atomic E-state index is -0.810. The zero-order valence-electron chi connectivity index (χ0n) is 15.6. The van der Waals surface area contributed by atoms with Gasteiger partial charge in [-0.2, -0.15) is 0 Å². The van der Waals surface area contributed by atoms with E-state index in [9.17, 15) is 9.18 Å². The molecule has 7 heteroatoms. The highest BCUT2D eigenvalue weighted by Crippen LogP contribution is 2.36. The highest BCUT2D eigenvalue weighted by molar-refractivity contribution is 6.62. The number of anilines is 1. The average Bonchev–Trinajstić information content (AvgIpc) is 2.75. The van der Waals surface area contributed by atoms with Crippen LogP contribution in [0.1, 0.15) is 43.6 Å². The van der Waals surface area contributed by atoms with E-state index in [0.29, 0.717) is 5.82 Å². The smallest absolute Gasteiger partial charge is 0.399 e. The van der Waals surface area contributed by atoms with Gasteiger partial charge in [-0.3, -0.25) is 4.79 Å². The summed E-state index contributed by atoms with van der Waals surface area (Å²) in [6.07, 6.45) is 1.60. The van der Waals surface area contributed by atoms with Gasteiger partial charge in [0.15, 0.2) is 0 Å². The Morgan fingerprint density at radius 3 is 2.35 bits per heavy atom. The Bertz CT molecular complexity index is 838. The van der Waals surface area contributed by atoms with Crippen molar-refractivity contribution in [1.82, 2.24) is 4.98 Å². The van der Waals surface area contributed by atoms with Crippen LogP contribution in [0.5, 0.6) is 0 Å². The molecular weight excluding hydrogens is 334 g/mol. The van der Waals surface area contributed by atoms with Crippen LogP contribution in [0.3, 0.4) is 0 Å². The summed E-state index contributed by atoms with van der Waals surface area (Å²) in [5.74, 6) is -0.554. The summed E-state index contributed by atoms with van der Waals surface area (Å²) in [6, 6.07) is 7.83. The van der Waals surface area contributed by atoms with E-state index >= 15 is 0 Å². The van der Waals surface area contributed by atoms with E-state index in [-0.39, 0.29) is 11.0 Å². The van der Waals surface area contributed by atoms with Crippen LogP contribution in [0.15, 0.2) is 36.5 Å². The fourth-order valence-electron chi connectivity index (χ4n) is 2.62. The number of hydrogen-bond acceptors (Lipinski definition) is 4. The lowest BCUT2D eigenvalue weighted by molar-refractivity contribution is 0.00578. The monoisotopic (exact) mass is 356 g/mol. The number of pyridine rings is 1. The molecule has 2 heterocycles. The molecule has 3 rings (SSSR count). The number of rotatable bonds is 3. The Labute approximate surface area is 153 Å². The van der Waals surface area contributed by atoms with Gasteiger partial charge in [0.25, 0.3) is 5.91 Å². The molecule has 1 aromatic carbocycles. The molecule has 1 amide bonds. The van der Waals surface area contributed by atoms with Crippen LogP contribution in [0.25, 0.3) is 0 Å². The van der Waals surface area contributed by atoms with Gasteiger partial charge in [-0.25, -0.2) is 9.37 Å². The Hall–Kier alpha value is -2.25. The van der Waals surface area contributed by atoms with Gasteiger partial charge in [-0.05, 0) is 64.4 Å². The third-order valence-electron chi connectivity index (χ3n) is 4.93. The fourth-order valence-corrected chi connectivity index (χ4v) is 2.62. The number of hydrogen-bond donors (Lipinski definition) is 1. The van der Waals surface area contributed by atoms with E-state index in [4.69, 9.17) is 9.31 Å². The summed E-state index contributed by atoms with van der Waals surface area (Å²) >= 11 is 0. The third-order valence-corrected chi connectivity index (χ3v) is 4.93. The second-order valence-electron chi connectivity index (χ2n) is 7.50. The fraction of sp³-hybridized carbons (Fsp3) is 0.368. The molecule has 1 saturated heterocycles. The van der Waals surface area contributed by atoms with Crippen LogP contribution in [-0.4, -0.2) is 29.2 Å². The van der Waals surface area contributed by atoms with Gasteiger partial charge in [0.05, 0.1) is 11.2 Å². The van der Waals surface area contributed by atoms with Crippen LogP contribution in [0.4, 0.5) is 10.2 Å². The van der Waals surface area contributed by atoms with Gasteiger partial charge in [-0.1, -0.05) is 6.07 Å². The molecule has 136 valence electrons. The van der Waals surface area contributed by atoms with Crippen molar-refractivity contribution in [2.24, 2.45) is 0 Å². The molecule has 1 aliphatic heterocycles. The van der Waals surface area contributed by atoms with Crippen molar-refractivity contribution in [3.05, 3.63) is 53.5 Å². The van der Waals surface area contributed by atoms with Gasteiger partial charge in [0, 0.05) is 17.2 Å². The van der Waals surface area contributed by atoms with E-state index in [1.54, 1.807) is 18.3 Å². The first-order valence-electron chi connectivity index (χ1n) is 8.48. The molecule has 1 fully saturated rings. The second-order valence-corrected chi connectivity index (χ2v) is 7.50. The lowest BCUT2D eigenvalue weighted by atomic mass is 9.78. The van der Waals surface area contributed by atoms with Crippen molar-refractivity contribution >= 4 is 24.3 Å². The number of nitrogens with zero attached hydrogens (tertiary/aromatic N) is 1. The molecule has 5 nitrogen and oxygen atoms in total. The maximum absolute atomic E-state index is 14.6. The molecular formula is C19H22BFN2O3. The van der Waals surface area contributed by atoms with Gasteiger partial charge in [-0.15, -0.1) is 0 Å². The minimum absolute atomic E-state index is 0.200. The number of carbonyl (C=O) groups excluding carboxylic acids is 1. The van der Waals surface area contributed by atoms with Gasteiger partial charge in [0.2, 0.25) is 0 Å². The number of aromatic nitrogens is 1. The first kappa shape index (κ1) is 18.5. The maximum atomic E-state index is 14.6. The molecule has 0 spiro atoms. The van der Waals surface area contributed by atoms with E-state index in [0.717, 1.165) is 5.56 Å². The molecule has 0 unspecified atom stereocenters. The van der Waals surface area contributed by atoms with E-state index in [1.807, 2.05) is 40.7 Å². The Morgan fingerprint density at radius 1 is 1.12 bits per heavy atom. The number of benzene rings is 1. The first-order valence-corrected chi connectivity index (χ1v) is 8.48. The summed E-state index contributed by atoms with van der Waals surface area (Å²) < 4.78 is 26.3. The number of carbonyl (C=O) groups is 1. The van der Waals surface area contributed by atoms with Crippen molar-refractivity contribution in [2.75, 3.05) is 5.32 Å². The predicted octanol–water partition coefficient (Wildman–Crippen LogP) is 3.08. The number of amides is 1. The SMILES string of the molecule is Cc1ccnc(NC(=O)c2ccc(B3OC(C)(C)C(C)(C)O3)c(F)c2)c1. The van der Waals surface area contributed by atoms with Crippen molar-refractivity contribution in [3.8, 4) is 0 Å². The van der Waals surface area contributed by atoms with Gasteiger partial charge >= 0.3 is 7.12 Å². The van der Waals surface area contributed by atoms with Crippen LogP contribution >= 0.6 is 0 Å². The molecule has 0 radical (unpaired) electrons. The largest absolute Gasteiger partial charge is 0.497 e. The second kappa shape index (κ2) is 6.48. The lowest BCUT2D eigenvalue weighted by Gasteiger charge is -2.32. The number of aryl methyl sites for hydroxylation is 1. The Morgan fingerprint density at radius 2 is 1.77 bits per heavy atom. The third kappa shape index (κ3) is 3.50. The van der Waals surface area contributed by atoms with Crippen LogP contribution in [0.2, 0.25) is 0 Å². The van der Waals surface area contributed by atoms with Gasteiger partial charge < -0.3 is 14.6 Å². The quantitative estimate of drug-likeness (QED) is 0.859. The summed E-state index contributed by atoms with van der Waals surface area (Å²) in [4.78, 5) is 16.4. The normalized spacial score (nSPS) is 18.0. The lowest BCUT2D eigenvalue weighted by Crippen LogP contribution is -2.41. The average molecular weight is 356 g/mol. The zero-order chi connectivity index (χ0) is 19.1. The molecule has 1 N–H and O–H groups in total. The molecule has 1 aliphatic rings. The van der Waals surface area contributed by atoms with Crippen molar-refractivity contribution in [2.45, 2.75) is 45.8 Å². The maximum Gasteiger partial charge on any atom is 0.497 e. The van der Waals surface area contributed by atoms with Crippen molar-refractivity contribution in [1.29, 1.82) is 0 Å². The van der Waals surface area contributed by atoms with Gasteiger partial charge in [0.1, 0.15) is 11.6 Å². The molecule has 2 aromatic rings. The highest BCUT2D eigenvalue weighted by atomic mass is 19.1. The van der Waals surface area contributed by atoms with Crippen molar-refractivity contribution in [3.63, 3.8) is 0 Å². The Balaban J connectivity index is 1.79. The van der Waals surface area contributed by atoms with Crippen molar-refractivity contribution < 1.29 is 18.5 Å². The van der Waals surface area contributed by atoms with E-state index in [2.05, 4.69) is 10.3 Å². The molecule has 0 bridgehead atoms. The first-order chi connectivity index (χ1) is 12.1. The van der Waals surface area contributed by atoms with E-state index in [1.165, 1.54) is 12.1 Å². The summed E-state index contributed by atoms with van der Waals surface area (Å²) in [5, 5.41) is 2.66. The van der Waals surface area contributed by atoms with E-state index < -0.39 is 30.0 Å². The minimum Gasteiger partial charge on any atom is -0.399 e. The van der Waals surface area contributed by atoms with Crippen LogP contribution in [-0.2, 0) is 9.31 Å². The molecule has 0 atom stereocenters. The molecule has 26 heavy (non-hydrogen) atoms. The predicted molar refractivity (Wildman–Crippen MR) is 99.0 cm³/mol.